The highest BCUT2D eigenvalue weighted by atomic mass is 79.9. The molecule has 0 saturated carbocycles. The van der Waals surface area contributed by atoms with Crippen LogP contribution in [0.25, 0.3) is 0 Å². The molecule has 0 spiro atoms. The Kier molecular flexibility index (Phi) is 4.56. The van der Waals surface area contributed by atoms with Crippen LogP contribution < -0.4 is 5.32 Å². The van der Waals surface area contributed by atoms with E-state index in [1.165, 1.54) is 0 Å². The molecule has 17 heavy (non-hydrogen) atoms. The first-order valence-electron chi connectivity index (χ1n) is 5.27. The second-order valence-corrected chi connectivity index (χ2v) is 5.34. The molecule has 0 bridgehead atoms. The summed E-state index contributed by atoms with van der Waals surface area (Å²) in [5.41, 5.74) is 0.715. The fourth-order valence-electron chi connectivity index (χ4n) is 1.20. The zero-order chi connectivity index (χ0) is 13.1. The lowest BCUT2D eigenvalue weighted by molar-refractivity contribution is 0.0636. The number of amides is 1. The van der Waals surface area contributed by atoms with Crippen LogP contribution in [0.3, 0.4) is 0 Å². The van der Waals surface area contributed by atoms with E-state index in [1.807, 2.05) is 20.8 Å². The van der Waals surface area contributed by atoms with Gasteiger partial charge >= 0.3 is 6.09 Å². The third-order valence-electron chi connectivity index (χ3n) is 1.88. The molecular formula is C11H17BrN3O2. The monoisotopic (exact) mass is 302 g/mol. The number of nitrogens with zero attached hydrogens (tertiary/aromatic N) is 2. The number of ether oxygens (including phenoxy) is 1. The molecule has 1 N–H and O–H groups in total. The van der Waals surface area contributed by atoms with Crippen molar-refractivity contribution in [3.05, 3.63) is 18.8 Å². The highest BCUT2D eigenvalue weighted by molar-refractivity contribution is 9.09. The lowest BCUT2D eigenvalue weighted by atomic mass is 10.2. The van der Waals surface area contributed by atoms with Gasteiger partial charge in [0, 0.05) is 5.33 Å². The molecule has 1 radical (unpaired) electrons. The van der Waals surface area contributed by atoms with Crippen molar-refractivity contribution in [2.75, 3.05) is 10.6 Å². The lowest BCUT2D eigenvalue weighted by Gasteiger charge is -2.19. The fourth-order valence-corrected chi connectivity index (χ4v) is 1.54. The second kappa shape index (κ2) is 5.53. The van der Waals surface area contributed by atoms with Gasteiger partial charge in [-0.1, -0.05) is 15.9 Å². The quantitative estimate of drug-likeness (QED) is 0.874. The van der Waals surface area contributed by atoms with Gasteiger partial charge in [-0.25, -0.2) is 4.79 Å². The average Bonchev–Trinajstić information content (AvgIpc) is 2.47. The van der Waals surface area contributed by atoms with Crippen molar-refractivity contribution in [1.29, 1.82) is 0 Å². The lowest BCUT2D eigenvalue weighted by Crippen LogP contribution is -2.27. The third-order valence-corrected chi connectivity index (χ3v) is 2.24. The largest absolute Gasteiger partial charge is 0.444 e. The SMILES string of the molecule is [CH2]c1c(NC(=O)OC(C)(C)C)cnn1CCBr. The predicted octanol–water partition coefficient (Wildman–Crippen LogP) is 2.81. The summed E-state index contributed by atoms with van der Waals surface area (Å²) in [6.07, 6.45) is 1.07. The van der Waals surface area contributed by atoms with Gasteiger partial charge in [0.25, 0.3) is 0 Å². The van der Waals surface area contributed by atoms with Crippen LogP contribution in [0.5, 0.6) is 0 Å². The summed E-state index contributed by atoms with van der Waals surface area (Å²) in [5.74, 6) is 0. The molecule has 95 valence electrons. The molecule has 1 aromatic heterocycles. The Morgan fingerprint density at radius 2 is 2.29 bits per heavy atom. The summed E-state index contributed by atoms with van der Waals surface area (Å²) in [5, 5.41) is 7.51. The summed E-state index contributed by atoms with van der Waals surface area (Å²) < 4.78 is 6.85. The van der Waals surface area contributed by atoms with Crippen LogP contribution in [0.15, 0.2) is 6.20 Å². The molecule has 1 rings (SSSR count). The van der Waals surface area contributed by atoms with Gasteiger partial charge in [-0.05, 0) is 27.7 Å². The topological polar surface area (TPSA) is 56.1 Å². The van der Waals surface area contributed by atoms with Crippen molar-refractivity contribution in [1.82, 2.24) is 9.78 Å². The van der Waals surface area contributed by atoms with E-state index >= 15 is 0 Å². The van der Waals surface area contributed by atoms with Gasteiger partial charge in [0.2, 0.25) is 0 Å². The summed E-state index contributed by atoms with van der Waals surface area (Å²) in [6, 6.07) is 0. The molecule has 0 aliphatic rings. The first kappa shape index (κ1) is 14.0. The molecule has 0 fully saturated rings. The molecule has 0 aliphatic carbocycles. The van der Waals surface area contributed by atoms with E-state index < -0.39 is 11.7 Å². The van der Waals surface area contributed by atoms with Crippen LogP contribution in [-0.4, -0.2) is 26.8 Å². The van der Waals surface area contributed by atoms with E-state index in [0.29, 0.717) is 17.9 Å². The minimum Gasteiger partial charge on any atom is -0.444 e. The molecular weight excluding hydrogens is 286 g/mol. The van der Waals surface area contributed by atoms with Gasteiger partial charge in [0.1, 0.15) is 5.60 Å². The maximum Gasteiger partial charge on any atom is 0.412 e. The number of hydrogen-bond acceptors (Lipinski definition) is 3. The number of rotatable bonds is 3. The third kappa shape index (κ3) is 4.38. The van der Waals surface area contributed by atoms with E-state index in [0.717, 1.165) is 5.33 Å². The van der Waals surface area contributed by atoms with Crippen molar-refractivity contribution in [3.63, 3.8) is 0 Å². The van der Waals surface area contributed by atoms with Crippen LogP contribution in [0, 0.1) is 6.92 Å². The van der Waals surface area contributed by atoms with Crippen molar-refractivity contribution < 1.29 is 9.53 Å². The van der Waals surface area contributed by atoms with Gasteiger partial charge in [-0.15, -0.1) is 0 Å². The summed E-state index contributed by atoms with van der Waals surface area (Å²) >= 11 is 3.32. The Labute approximate surface area is 110 Å². The molecule has 6 heteroatoms. The summed E-state index contributed by atoms with van der Waals surface area (Å²) in [7, 11) is 0. The highest BCUT2D eigenvalue weighted by Gasteiger charge is 2.17. The van der Waals surface area contributed by atoms with E-state index in [2.05, 4.69) is 33.3 Å². The molecule has 1 amide bonds. The minimum atomic E-state index is -0.517. The second-order valence-electron chi connectivity index (χ2n) is 4.54. The van der Waals surface area contributed by atoms with Gasteiger partial charge in [0.15, 0.2) is 0 Å². The first-order valence-corrected chi connectivity index (χ1v) is 6.39. The molecule has 1 heterocycles. The molecule has 0 atom stereocenters. The zero-order valence-corrected chi connectivity index (χ0v) is 11.9. The van der Waals surface area contributed by atoms with Crippen molar-refractivity contribution in [3.8, 4) is 0 Å². The molecule has 0 saturated heterocycles. The van der Waals surface area contributed by atoms with Gasteiger partial charge in [-0.3, -0.25) is 10.00 Å². The van der Waals surface area contributed by atoms with Crippen molar-refractivity contribution >= 4 is 27.7 Å². The maximum atomic E-state index is 11.5. The maximum absolute atomic E-state index is 11.5. The van der Waals surface area contributed by atoms with Crippen LogP contribution in [0.2, 0.25) is 0 Å². The number of carbonyl (C=O) groups is 1. The number of halogens is 1. The van der Waals surface area contributed by atoms with Gasteiger partial charge < -0.3 is 4.74 Å². The van der Waals surface area contributed by atoms with Crippen LogP contribution >= 0.6 is 15.9 Å². The van der Waals surface area contributed by atoms with Crippen LogP contribution in [0.1, 0.15) is 26.5 Å². The Morgan fingerprint density at radius 1 is 1.65 bits per heavy atom. The van der Waals surface area contributed by atoms with E-state index in [9.17, 15) is 4.79 Å². The Balaban J connectivity index is 2.66. The Morgan fingerprint density at radius 3 is 2.82 bits per heavy atom. The van der Waals surface area contributed by atoms with E-state index in [-0.39, 0.29) is 0 Å². The smallest absolute Gasteiger partial charge is 0.412 e. The normalized spacial score (nSPS) is 11.4. The average molecular weight is 303 g/mol. The molecule has 1 aromatic rings. The summed E-state index contributed by atoms with van der Waals surface area (Å²) in [6.45, 7) is 10.00. The van der Waals surface area contributed by atoms with Crippen molar-refractivity contribution in [2.45, 2.75) is 32.9 Å². The number of anilines is 1. The van der Waals surface area contributed by atoms with E-state index in [1.54, 1.807) is 10.9 Å². The minimum absolute atomic E-state index is 0.499. The van der Waals surface area contributed by atoms with Gasteiger partial charge in [-0.2, -0.15) is 5.10 Å². The fraction of sp³-hybridized carbons (Fsp3) is 0.545. The summed E-state index contributed by atoms with van der Waals surface area (Å²) in [4.78, 5) is 11.5. The van der Waals surface area contributed by atoms with Crippen LogP contribution in [-0.2, 0) is 11.3 Å². The standard InChI is InChI=1S/C11H17BrN3O2/c1-8-9(7-13-15(8)6-5-12)14-10(16)17-11(2,3)4/h7H,1,5-6H2,2-4H3,(H,14,16). The number of aromatic nitrogens is 2. The highest BCUT2D eigenvalue weighted by Crippen LogP contribution is 2.15. The van der Waals surface area contributed by atoms with E-state index in [4.69, 9.17) is 4.74 Å². The first-order chi connectivity index (χ1) is 7.83. The molecule has 0 unspecified atom stereocenters. The van der Waals surface area contributed by atoms with Gasteiger partial charge in [0.05, 0.1) is 24.1 Å². The number of aryl methyl sites for hydroxylation is 1. The van der Waals surface area contributed by atoms with Crippen molar-refractivity contribution in [2.24, 2.45) is 0 Å². The number of hydrogen-bond donors (Lipinski definition) is 1. The Bertz CT molecular complexity index is 396. The number of carbonyl (C=O) groups excluding carboxylic acids is 1. The molecule has 0 aromatic carbocycles. The molecule has 0 aliphatic heterocycles. The number of alkyl halides is 1. The Hall–Kier alpha value is -1.04. The molecule has 5 nitrogen and oxygen atoms in total. The predicted molar refractivity (Wildman–Crippen MR) is 70.3 cm³/mol. The zero-order valence-electron chi connectivity index (χ0n) is 10.3. The van der Waals surface area contributed by atoms with Crippen LogP contribution in [0.4, 0.5) is 10.5 Å². The number of nitrogens with one attached hydrogen (secondary N) is 1.